The first kappa shape index (κ1) is 21.9. The van der Waals surface area contributed by atoms with E-state index in [1.165, 1.54) is 4.80 Å². The fourth-order valence-electron chi connectivity index (χ4n) is 3.46. The molecule has 0 unspecified atom stereocenters. The van der Waals surface area contributed by atoms with Crippen molar-refractivity contribution in [2.45, 2.75) is 20.5 Å². The van der Waals surface area contributed by atoms with Gasteiger partial charge in [-0.1, -0.05) is 26.0 Å². The number of imidazole rings is 1. The SMILES string of the molecule is CC.Cn1nc(-c2ccc3nc(-c4cccnc4N)n(-c4ccc(CO)cc4)c3n2)c(=O)[nH]1. The first-order chi connectivity index (χ1) is 16.0. The Morgan fingerprint density at radius 3 is 2.45 bits per heavy atom. The Morgan fingerprint density at radius 1 is 1.06 bits per heavy atom. The number of aryl methyl sites for hydroxylation is 1. The number of aromatic nitrogens is 7. The molecule has 0 spiro atoms. The van der Waals surface area contributed by atoms with Crippen LogP contribution in [0.4, 0.5) is 5.82 Å². The molecule has 5 rings (SSSR count). The molecule has 10 heteroatoms. The van der Waals surface area contributed by atoms with E-state index in [9.17, 15) is 9.90 Å². The van der Waals surface area contributed by atoms with Gasteiger partial charge >= 0.3 is 0 Å². The molecule has 0 aliphatic carbocycles. The Labute approximate surface area is 189 Å². The molecule has 4 aromatic heterocycles. The number of hydrogen-bond acceptors (Lipinski definition) is 7. The fraction of sp³-hybridized carbons (Fsp3) is 0.174. The van der Waals surface area contributed by atoms with Crippen molar-refractivity contribution in [1.29, 1.82) is 0 Å². The molecule has 5 aromatic rings. The fourth-order valence-corrected chi connectivity index (χ4v) is 3.46. The number of hydrogen-bond donors (Lipinski definition) is 3. The Kier molecular flexibility index (Phi) is 6.01. The standard InChI is InChI=1S/C21H18N8O2.C2H6/c1-28-26-17(21(31)27-28)15-8-9-16-20(24-15)29(13-6-4-12(11-30)5-7-13)19(25-16)14-3-2-10-23-18(14)22;1-2/h2-10,30H,11H2,1H3,(H2,22,23)(H,27,31);1-2H3. The van der Waals surface area contributed by atoms with E-state index in [0.29, 0.717) is 34.1 Å². The lowest BCUT2D eigenvalue weighted by Crippen LogP contribution is -2.05. The Hall–Kier alpha value is -4.31. The molecule has 0 saturated heterocycles. The number of nitrogens with zero attached hydrogens (tertiary/aromatic N) is 6. The quantitative estimate of drug-likeness (QED) is 0.387. The van der Waals surface area contributed by atoms with Crippen LogP contribution >= 0.6 is 0 Å². The molecule has 4 N–H and O–H groups in total. The minimum atomic E-state index is -0.329. The second kappa shape index (κ2) is 9.05. The molecule has 0 bridgehead atoms. The van der Waals surface area contributed by atoms with E-state index < -0.39 is 0 Å². The van der Waals surface area contributed by atoms with Crippen molar-refractivity contribution >= 4 is 17.0 Å². The highest BCUT2D eigenvalue weighted by molar-refractivity contribution is 5.84. The number of H-pyrrole nitrogens is 1. The maximum atomic E-state index is 12.2. The molecule has 33 heavy (non-hydrogen) atoms. The lowest BCUT2D eigenvalue weighted by molar-refractivity contribution is 0.282. The third-order valence-electron chi connectivity index (χ3n) is 4.93. The molecule has 0 amide bonds. The summed E-state index contributed by atoms with van der Waals surface area (Å²) in [6.45, 7) is 3.94. The van der Waals surface area contributed by atoms with Crippen LogP contribution in [0.3, 0.4) is 0 Å². The van der Waals surface area contributed by atoms with Crippen LogP contribution in [-0.4, -0.2) is 39.6 Å². The van der Waals surface area contributed by atoms with Crippen molar-refractivity contribution in [2.24, 2.45) is 7.05 Å². The number of fused-ring (bicyclic) bond motifs is 1. The topological polar surface area (TPSA) is 141 Å². The molecule has 0 aliphatic heterocycles. The van der Waals surface area contributed by atoms with E-state index in [4.69, 9.17) is 15.7 Å². The highest BCUT2D eigenvalue weighted by Crippen LogP contribution is 2.31. The number of benzene rings is 1. The second-order valence-corrected chi connectivity index (χ2v) is 6.98. The Balaban J connectivity index is 0.00000126. The maximum Gasteiger partial charge on any atom is 0.293 e. The molecule has 10 nitrogen and oxygen atoms in total. The highest BCUT2D eigenvalue weighted by atomic mass is 16.3. The Morgan fingerprint density at radius 2 is 1.82 bits per heavy atom. The number of nitrogens with two attached hydrogens (primary N) is 1. The van der Waals surface area contributed by atoms with Crippen molar-refractivity contribution in [3.05, 3.63) is 70.6 Å². The van der Waals surface area contributed by atoms with Crippen LogP contribution < -0.4 is 11.3 Å². The third kappa shape index (κ3) is 3.99. The molecule has 0 radical (unpaired) electrons. The lowest BCUT2D eigenvalue weighted by atomic mass is 10.2. The summed E-state index contributed by atoms with van der Waals surface area (Å²) >= 11 is 0. The molecule has 0 atom stereocenters. The predicted molar refractivity (Wildman–Crippen MR) is 127 cm³/mol. The van der Waals surface area contributed by atoms with Gasteiger partial charge in [-0.15, -0.1) is 5.10 Å². The van der Waals surface area contributed by atoms with E-state index in [2.05, 4.69) is 15.2 Å². The second-order valence-electron chi connectivity index (χ2n) is 6.98. The minimum absolute atomic E-state index is 0.0573. The van der Waals surface area contributed by atoms with Gasteiger partial charge in [-0.05, 0) is 42.0 Å². The molecular weight excluding hydrogens is 420 g/mol. The maximum absolute atomic E-state index is 12.2. The number of aliphatic hydroxyl groups excluding tert-OH is 1. The largest absolute Gasteiger partial charge is 0.392 e. The van der Waals surface area contributed by atoms with Crippen LogP contribution in [0.2, 0.25) is 0 Å². The smallest absolute Gasteiger partial charge is 0.293 e. The summed E-state index contributed by atoms with van der Waals surface area (Å²) < 4.78 is 1.85. The summed E-state index contributed by atoms with van der Waals surface area (Å²) in [5.74, 6) is 0.907. The molecule has 1 aromatic carbocycles. The van der Waals surface area contributed by atoms with Gasteiger partial charge in [-0.25, -0.2) is 24.8 Å². The summed E-state index contributed by atoms with van der Waals surface area (Å²) in [5, 5.41) is 16.2. The van der Waals surface area contributed by atoms with E-state index in [1.54, 1.807) is 31.4 Å². The van der Waals surface area contributed by atoms with E-state index in [0.717, 1.165) is 11.3 Å². The molecule has 0 aliphatic rings. The van der Waals surface area contributed by atoms with Gasteiger partial charge < -0.3 is 10.8 Å². The number of anilines is 1. The van der Waals surface area contributed by atoms with E-state index >= 15 is 0 Å². The van der Waals surface area contributed by atoms with Crippen LogP contribution in [0.15, 0.2) is 59.5 Å². The molecule has 0 fully saturated rings. The van der Waals surface area contributed by atoms with Crippen LogP contribution in [0.1, 0.15) is 19.4 Å². The summed E-state index contributed by atoms with van der Waals surface area (Å²) in [6, 6.07) is 14.5. The van der Waals surface area contributed by atoms with Crippen LogP contribution in [0, 0.1) is 0 Å². The van der Waals surface area contributed by atoms with Gasteiger partial charge in [0, 0.05) is 18.9 Å². The average molecular weight is 444 g/mol. The van der Waals surface area contributed by atoms with Gasteiger partial charge in [0.1, 0.15) is 11.3 Å². The summed E-state index contributed by atoms with van der Waals surface area (Å²) in [6.07, 6.45) is 1.62. The monoisotopic (exact) mass is 444 g/mol. The van der Waals surface area contributed by atoms with Gasteiger partial charge in [0.25, 0.3) is 5.56 Å². The van der Waals surface area contributed by atoms with Crippen molar-refractivity contribution < 1.29 is 5.11 Å². The number of aromatic amines is 1. The van der Waals surface area contributed by atoms with Crippen LogP contribution in [-0.2, 0) is 13.7 Å². The van der Waals surface area contributed by atoms with Crippen LogP contribution in [0.5, 0.6) is 0 Å². The van der Waals surface area contributed by atoms with Crippen molar-refractivity contribution in [3.63, 3.8) is 0 Å². The van der Waals surface area contributed by atoms with Crippen molar-refractivity contribution in [3.8, 4) is 28.5 Å². The molecule has 4 heterocycles. The van der Waals surface area contributed by atoms with Gasteiger partial charge in [0.2, 0.25) is 0 Å². The van der Waals surface area contributed by atoms with Crippen molar-refractivity contribution in [2.75, 3.05) is 5.73 Å². The molecule has 0 saturated carbocycles. The number of aliphatic hydroxyl groups is 1. The van der Waals surface area contributed by atoms with Gasteiger partial charge in [0.05, 0.1) is 17.9 Å². The molecular formula is C23H24N8O2. The number of nitrogens with one attached hydrogen (secondary N) is 1. The summed E-state index contributed by atoms with van der Waals surface area (Å²) in [4.78, 5) is 27.2. The van der Waals surface area contributed by atoms with Crippen LogP contribution in [0.25, 0.3) is 39.6 Å². The third-order valence-corrected chi connectivity index (χ3v) is 4.93. The first-order valence-corrected chi connectivity index (χ1v) is 10.5. The lowest BCUT2D eigenvalue weighted by Gasteiger charge is -2.11. The van der Waals surface area contributed by atoms with Gasteiger partial charge in [0.15, 0.2) is 17.2 Å². The zero-order chi connectivity index (χ0) is 23.5. The summed E-state index contributed by atoms with van der Waals surface area (Å²) in [7, 11) is 1.64. The number of nitrogen functional groups attached to an aromatic ring is 1. The minimum Gasteiger partial charge on any atom is -0.392 e. The average Bonchev–Trinajstić information content (AvgIpc) is 3.39. The van der Waals surface area contributed by atoms with Gasteiger partial charge in [-0.3, -0.25) is 9.36 Å². The zero-order valence-corrected chi connectivity index (χ0v) is 18.5. The first-order valence-electron chi connectivity index (χ1n) is 10.5. The number of pyridine rings is 2. The number of rotatable bonds is 4. The Bertz CT molecular complexity index is 1460. The van der Waals surface area contributed by atoms with Gasteiger partial charge in [-0.2, -0.15) is 0 Å². The zero-order valence-electron chi connectivity index (χ0n) is 18.5. The van der Waals surface area contributed by atoms with Crippen molar-refractivity contribution in [1.82, 2.24) is 34.5 Å². The normalized spacial score (nSPS) is 10.8. The molecule has 168 valence electrons. The van der Waals surface area contributed by atoms with E-state index in [1.807, 2.05) is 48.7 Å². The summed E-state index contributed by atoms with van der Waals surface area (Å²) in [5.41, 5.74) is 9.83. The predicted octanol–water partition coefficient (Wildman–Crippen LogP) is 2.67. The highest BCUT2D eigenvalue weighted by Gasteiger charge is 2.19. The van der Waals surface area contributed by atoms with E-state index in [-0.39, 0.29) is 17.9 Å².